The Bertz CT molecular complexity index is 1300. The molecule has 0 bridgehead atoms. The van der Waals surface area contributed by atoms with Crippen LogP contribution in [0.3, 0.4) is 0 Å². The summed E-state index contributed by atoms with van der Waals surface area (Å²) < 4.78 is 10.5. The molecule has 0 saturated heterocycles. The largest absolute Gasteiger partial charge is 0.479 e. The maximum absolute atomic E-state index is 12.9. The number of hydrogen-bond acceptors (Lipinski definition) is 8. The molecule has 1 aromatic heterocycles. The summed E-state index contributed by atoms with van der Waals surface area (Å²) in [4.78, 5) is 26.5. The molecule has 10 heteroatoms. The van der Waals surface area contributed by atoms with Gasteiger partial charge in [0.05, 0.1) is 12.3 Å². The summed E-state index contributed by atoms with van der Waals surface area (Å²) in [5, 5.41) is 17.1. The van der Waals surface area contributed by atoms with Crippen molar-refractivity contribution in [3.05, 3.63) is 78.4 Å². The number of nitrogens with zero attached hydrogens (tertiary/aromatic N) is 3. The summed E-state index contributed by atoms with van der Waals surface area (Å²) in [6, 6.07) is 21.9. The third kappa shape index (κ3) is 6.04. The Hall–Kier alpha value is -4.18. The number of hydrogen-bond donors (Lipinski definition) is 2. The number of esters is 1. The molecule has 4 aromatic rings. The zero-order chi connectivity index (χ0) is 24.6. The van der Waals surface area contributed by atoms with E-state index in [1.165, 1.54) is 11.8 Å². The fourth-order valence-corrected chi connectivity index (χ4v) is 4.23. The maximum atomic E-state index is 12.9. The number of rotatable bonds is 9. The molecule has 0 radical (unpaired) electrons. The number of anilines is 1. The highest BCUT2D eigenvalue weighted by molar-refractivity contribution is 7.99. The molecule has 0 aliphatic rings. The van der Waals surface area contributed by atoms with Gasteiger partial charge in [-0.2, -0.15) is 0 Å². The summed E-state index contributed by atoms with van der Waals surface area (Å²) in [7, 11) is 0. The maximum Gasteiger partial charge on any atom is 0.347 e. The van der Waals surface area contributed by atoms with E-state index < -0.39 is 12.1 Å². The highest BCUT2D eigenvalue weighted by atomic mass is 32.2. The normalized spacial score (nSPS) is 11.5. The molecule has 0 saturated carbocycles. The molecule has 3 aromatic carbocycles. The Morgan fingerprint density at radius 2 is 1.71 bits per heavy atom. The Labute approximate surface area is 206 Å². The van der Waals surface area contributed by atoms with Gasteiger partial charge in [0.2, 0.25) is 0 Å². The minimum absolute atomic E-state index is 0.268. The molecule has 0 aliphatic carbocycles. The second kappa shape index (κ2) is 11.3. The summed E-state index contributed by atoms with van der Waals surface area (Å²) in [5.41, 5.74) is 1.98. The van der Waals surface area contributed by atoms with Crippen LogP contribution in [0.5, 0.6) is 5.75 Å². The van der Waals surface area contributed by atoms with Crippen molar-refractivity contribution in [2.75, 3.05) is 11.9 Å². The zero-order valence-corrected chi connectivity index (χ0v) is 19.9. The van der Waals surface area contributed by atoms with Gasteiger partial charge in [-0.15, -0.1) is 5.10 Å². The molecule has 1 unspecified atom stereocenters. The van der Waals surface area contributed by atoms with E-state index in [4.69, 9.17) is 9.47 Å². The van der Waals surface area contributed by atoms with Crippen LogP contribution < -0.4 is 10.1 Å². The molecule has 35 heavy (non-hydrogen) atoms. The molecule has 2 N–H and O–H groups in total. The average Bonchev–Trinajstić information content (AvgIpc) is 3.41. The van der Waals surface area contributed by atoms with E-state index in [2.05, 4.69) is 25.9 Å². The summed E-state index contributed by atoms with van der Waals surface area (Å²) >= 11 is 1.50. The highest BCUT2D eigenvalue weighted by Gasteiger charge is 2.17. The average molecular weight is 490 g/mol. The van der Waals surface area contributed by atoms with Gasteiger partial charge < -0.3 is 14.8 Å². The molecule has 1 atom stereocenters. The predicted octanol–water partition coefficient (Wildman–Crippen LogP) is 4.60. The number of ether oxygens (including phenoxy) is 2. The lowest BCUT2D eigenvalue weighted by molar-refractivity contribution is -0.150. The van der Waals surface area contributed by atoms with E-state index in [-0.39, 0.29) is 12.5 Å². The van der Waals surface area contributed by atoms with E-state index in [9.17, 15) is 9.59 Å². The number of aromatic nitrogens is 4. The van der Waals surface area contributed by atoms with Crippen LogP contribution in [0, 0.1) is 0 Å². The lowest BCUT2D eigenvalue weighted by Gasteiger charge is -2.14. The van der Waals surface area contributed by atoms with Gasteiger partial charge in [-0.1, -0.05) is 36.0 Å². The van der Waals surface area contributed by atoms with Crippen LogP contribution >= 0.6 is 11.8 Å². The van der Waals surface area contributed by atoms with Gasteiger partial charge in [0.25, 0.3) is 5.91 Å². The van der Waals surface area contributed by atoms with Crippen molar-refractivity contribution in [3.8, 4) is 17.1 Å². The van der Waals surface area contributed by atoms with Gasteiger partial charge in [0, 0.05) is 20.9 Å². The molecular weight excluding hydrogens is 466 g/mol. The molecule has 0 fully saturated rings. The number of benzene rings is 3. The summed E-state index contributed by atoms with van der Waals surface area (Å²) in [6.45, 7) is 3.64. The van der Waals surface area contributed by atoms with Crippen molar-refractivity contribution in [2.45, 2.75) is 29.7 Å². The van der Waals surface area contributed by atoms with Crippen molar-refractivity contribution in [1.82, 2.24) is 20.6 Å². The lowest BCUT2D eigenvalue weighted by atomic mass is 10.2. The quantitative estimate of drug-likeness (QED) is 0.327. The van der Waals surface area contributed by atoms with E-state index in [0.29, 0.717) is 22.8 Å². The molecule has 178 valence electrons. The Morgan fingerprint density at radius 1 is 1.00 bits per heavy atom. The van der Waals surface area contributed by atoms with Gasteiger partial charge in [-0.3, -0.25) is 4.79 Å². The number of amides is 1. The summed E-state index contributed by atoms with van der Waals surface area (Å²) in [6.07, 6.45) is -0.742. The third-order valence-corrected chi connectivity index (χ3v) is 6.04. The van der Waals surface area contributed by atoms with Crippen molar-refractivity contribution >= 4 is 29.3 Å². The second-order valence-electron chi connectivity index (χ2n) is 7.33. The van der Waals surface area contributed by atoms with Gasteiger partial charge in [-0.25, -0.2) is 9.89 Å². The van der Waals surface area contributed by atoms with Gasteiger partial charge in [0.15, 0.2) is 11.9 Å². The number of nitrogens with one attached hydrogen (secondary N) is 2. The van der Waals surface area contributed by atoms with Crippen LogP contribution in [-0.2, 0) is 9.53 Å². The van der Waals surface area contributed by atoms with E-state index >= 15 is 0 Å². The first-order valence-corrected chi connectivity index (χ1v) is 11.7. The second-order valence-corrected chi connectivity index (χ2v) is 8.42. The first-order valence-electron chi connectivity index (χ1n) is 10.9. The molecule has 1 heterocycles. The highest BCUT2D eigenvalue weighted by Crippen LogP contribution is 2.38. The van der Waals surface area contributed by atoms with Gasteiger partial charge in [0.1, 0.15) is 5.75 Å². The predicted molar refractivity (Wildman–Crippen MR) is 131 cm³/mol. The van der Waals surface area contributed by atoms with Crippen LogP contribution in [-0.4, -0.2) is 45.2 Å². The van der Waals surface area contributed by atoms with Gasteiger partial charge >= 0.3 is 5.97 Å². The lowest BCUT2D eigenvalue weighted by Crippen LogP contribution is -2.26. The SMILES string of the molecule is CCOC(=O)C(C)Oc1ccc(C(=O)Nc2ccccc2Sc2ccccc2-c2nnn[nH]2)cc1. The Kier molecular flexibility index (Phi) is 7.74. The van der Waals surface area contributed by atoms with Crippen molar-refractivity contribution in [2.24, 2.45) is 0 Å². The standard InChI is InChI=1S/C25H23N5O4S/c1-3-33-25(32)16(2)34-18-14-12-17(13-15-18)24(31)26-20-9-5-7-11-22(20)35-21-10-6-4-8-19(21)23-27-29-30-28-23/h4-16H,3H2,1-2H3,(H,26,31)(H,27,28,29,30). The van der Waals surface area contributed by atoms with E-state index in [1.807, 2.05) is 48.5 Å². The zero-order valence-electron chi connectivity index (χ0n) is 19.1. The van der Waals surface area contributed by atoms with Crippen molar-refractivity contribution in [3.63, 3.8) is 0 Å². The molecule has 0 aliphatic heterocycles. The van der Waals surface area contributed by atoms with Crippen LogP contribution in [0.25, 0.3) is 11.4 Å². The van der Waals surface area contributed by atoms with E-state index in [1.54, 1.807) is 38.1 Å². The number of carbonyl (C=O) groups is 2. The van der Waals surface area contributed by atoms with Crippen LogP contribution in [0.15, 0.2) is 82.6 Å². The molecule has 1 amide bonds. The van der Waals surface area contributed by atoms with Gasteiger partial charge in [-0.05, 0) is 72.8 Å². The molecule has 9 nitrogen and oxygen atoms in total. The number of carbonyl (C=O) groups excluding carboxylic acids is 2. The Morgan fingerprint density at radius 3 is 2.43 bits per heavy atom. The monoisotopic (exact) mass is 489 g/mol. The molecule has 4 rings (SSSR count). The molecule has 0 spiro atoms. The fourth-order valence-electron chi connectivity index (χ4n) is 3.19. The minimum Gasteiger partial charge on any atom is -0.479 e. The van der Waals surface area contributed by atoms with E-state index in [0.717, 1.165) is 15.4 Å². The van der Waals surface area contributed by atoms with Crippen LogP contribution in [0.1, 0.15) is 24.2 Å². The Balaban J connectivity index is 1.47. The first kappa shape index (κ1) is 24.0. The van der Waals surface area contributed by atoms with Crippen molar-refractivity contribution < 1.29 is 19.1 Å². The number of H-pyrrole nitrogens is 1. The molecular formula is C25H23N5O4S. The topological polar surface area (TPSA) is 119 Å². The number of para-hydroxylation sites is 1. The van der Waals surface area contributed by atoms with Crippen LogP contribution in [0.4, 0.5) is 5.69 Å². The van der Waals surface area contributed by atoms with Crippen molar-refractivity contribution in [1.29, 1.82) is 0 Å². The van der Waals surface area contributed by atoms with Crippen LogP contribution in [0.2, 0.25) is 0 Å². The first-order chi connectivity index (χ1) is 17.0. The smallest absolute Gasteiger partial charge is 0.347 e. The number of aromatic amines is 1. The fraction of sp³-hybridized carbons (Fsp3) is 0.160. The minimum atomic E-state index is -0.742. The summed E-state index contributed by atoms with van der Waals surface area (Å²) in [5.74, 6) is 0.325. The number of tetrazole rings is 1. The third-order valence-electron chi connectivity index (χ3n) is 4.89.